The van der Waals surface area contributed by atoms with Crippen molar-refractivity contribution >= 4 is 11.3 Å². The zero-order valence-electron chi connectivity index (χ0n) is 11.2. The Kier molecular flexibility index (Phi) is 3.38. The quantitative estimate of drug-likeness (QED) is 0.930. The van der Waals surface area contributed by atoms with Crippen molar-refractivity contribution in [1.29, 1.82) is 0 Å². The maximum atomic E-state index is 5.39. The van der Waals surface area contributed by atoms with E-state index in [1.54, 1.807) is 11.3 Å². The lowest BCUT2D eigenvalue weighted by Gasteiger charge is -2.38. The van der Waals surface area contributed by atoms with E-state index in [0.29, 0.717) is 5.89 Å². The smallest absolute Gasteiger partial charge is 0.258 e. The van der Waals surface area contributed by atoms with Crippen LogP contribution in [0.2, 0.25) is 0 Å². The fourth-order valence-corrected chi connectivity index (χ4v) is 2.97. The van der Waals surface area contributed by atoms with Gasteiger partial charge in [0.15, 0.2) is 5.82 Å². The Morgan fingerprint density at radius 1 is 1.37 bits per heavy atom. The summed E-state index contributed by atoms with van der Waals surface area (Å²) < 4.78 is 5.39. The molecule has 2 aromatic rings. The van der Waals surface area contributed by atoms with E-state index in [-0.39, 0.29) is 5.54 Å². The lowest BCUT2D eigenvalue weighted by molar-refractivity contribution is 0.0925. The first-order valence-electron chi connectivity index (χ1n) is 6.50. The average molecular weight is 278 g/mol. The first-order chi connectivity index (χ1) is 9.18. The summed E-state index contributed by atoms with van der Waals surface area (Å²) in [6.45, 7) is 8.35. The van der Waals surface area contributed by atoms with Crippen LogP contribution in [0.25, 0.3) is 11.5 Å². The molecule has 2 aromatic heterocycles. The summed E-state index contributed by atoms with van der Waals surface area (Å²) in [6, 6.07) is 2.00. The minimum absolute atomic E-state index is 0.195. The molecule has 3 rings (SSSR count). The van der Waals surface area contributed by atoms with Crippen LogP contribution < -0.4 is 5.32 Å². The highest BCUT2D eigenvalue weighted by molar-refractivity contribution is 7.08. The number of hydrogen-bond acceptors (Lipinski definition) is 6. The molecule has 0 radical (unpaired) electrons. The Morgan fingerprint density at radius 2 is 2.16 bits per heavy atom. The standard InChI is InChI=1S/C13H18N4OS/c1-13(2,17-6-4-14-5-7-17)12-15-11(18-16-12)10-3-8-19-9-10/h3,8-9,14H,4-7H2,1-2H3. The van der Waals surface area contributed by atoms with Crippen LogP contribution in [0.5, 0.6) is 0 Å². The topological polar surface area (TPSA) is 54.2 Å². The molecule has 0 unspecified atom stereocenters. The SMILES string of the molecule is CC(C)(c1noc(-c2ccsc2)n1)N1CCNCC1. The van der Waals surface area contributed by atoms with Crippen LogP contribution in [-0.4, -0.2) is 41.2 Å². The van der Waals surface area contributed by atoms with Crippen LogP contribution in [0.3, 0.4) is 0 Å². The van der Waals surface area contributed by atoms with Crippen molar-refractivity contribution in [2.45, 2.75) is 19.4 Å². The molecular formula is C13H18N4OS. The van der Waals surface area contributed by atoms with Gasteiger partial charge in [-0.25, -0.2) is 0 Å². The van der Waals surface area contributed by atoms with E-state index in [9.17, 15) is 0 Å². The second-order valence-electron chi connectivity index (χ2n) is 5.23. The van der Waals surface area contributed by atoms with Gasteiger partial charge in [0.1, 0.15) is 0 Å². The molecule has 0 aliphatic carbocycles. The first-order valence-corrected chi connectivity index (χ1v) is 7.45. The highest BCUT2D eigenvalue weighted by atomic mass is 32.1. The average Bonchev–Trinajstić information content (AvgIpc) is 3.10. The third kappa shape index (κ3) is 2.43. The molecular weight excluding hydrogens is 260 g/mol. The zero-order chi connectivity index (χ0) is 13.3. The Hall–Kier alpha value is -1.24. The molecule has 5 nitrogen and oxygen atoms in total. The monoisotopic (exact) mass is 278 g/mol. The molecule has 0 bridgehead atoms. The van der Waals surface area contributed by atoms with E-state index < -0.39 is 0 Å². The fraction of sp³-hybridized carbons (Fsp3) is 0.538. The minimum atomic E-state index is -0.195. The molecule has 6 heteroatoms. The van der Waals surface area contributed by atoms with Crippen molar-refractivity contribution in [3.63, 3.8) is 0 Å². The molecule has 0 amide bonds. The minimum Gasteiger partial charge on any atom is -0.334 e. The lowest BCUT2D eigenvalue weighted by atomic mass is 10.0. The van der Waals surface area contributed by atoms with Gasteiger partial charge in [0.2, 0.25) is 0 Å². The van der Waals surface area contributed by atoms with Gasteiger partial charge in [-0.1, -0.05) is 5.16 Å². The number of hydrogen-bond donors (Lipinski definition) is 1. The van der Waals surface area contributed by atoms with Gasteiger partial charge in [-0.3, -0.25) is 4.90 Å². The summed E-state index contributed by atoms with van der Waals surface area (Å²) in [5.41, 5.74) is 0.805. The largest absolute Gasteiger partial charge is 0.334 e. The third-order valence-electron chi connectivity index (χ3n) is 3.65. The number of nitrogens with zero attached hydrogens (tertiary/aromatic N) is 3. The van der Waals surface area contributed by atoms with Gasteiger partial charge in [-0.05, 0) is 25.3 Å². The predicted octanol–water partition coefficient (Wildman–Crippen LogP) is 1.94. The molecule has 1 saturated heterocycles. The zero-order valence-corrected chi connectivity index (χ0v) is 12.0. The molecule has 102 valence electrons. The molecule has 1 fully saturated rings. The highest BCUT2D eigenvalue weighted by Crippen LogP contribution is 2.28. The maximum absolute atomic E-state index is 5.39. The van der Waals surface area contributed by atoms with Crippen LogP contribution >= 0.6 is 11.3 Å². The van der Waals surface area contributed by atoms with Gasteiger partial charge < -0.3 is 9.84 Å². The van der Waals surface area contributed by atoms with Crippen LogP contribution in [0.15, 0.2) is 21.3 Å². The van der Waals surface area contributed by atoms with Gasteiger partial charge in [-0.15, -0.1) is 0 Å². The molecule has 1 aliphatic heterocycles. The lowest BCUT2D eigenvalue weighted by Crippen LogP contribution is -2.52. The summed E-state index contributed by atoms with van der Waals surface area (Å²) in [7, 11) is 0. The van der Waals surface area contributed by atoms with Gasteiger partial charge in [0, 0.05) is 31.6 Å². The van der Waals surface area contributed by atoms with E-state index in [1.165, 1.54) is 0 Å². The van der Waals surface area contributed by atoms with Gasteiger partial charge >= 0.3 is 0 Å². The molecule has 0 aromatic carbocycles. The van der Waals surface area contributed by atoms with Crippen LogP contribution in [-0.2, 0) is 5.54 Å². The molecule has 0 saturated carbocycles. The predicted molar refractivity (Wildman–Crippen MR) is 75.1 cm³/mol. The second-order valence-corrected chi connectivity index (χ2v) is 6.01. The third-order valence-corrected chi connectivity index (χ3v) is 4.33. The van der Waals surface area contributed by atoms with E-state index in [0.717, 1.165) is 37.6 Å². The second kappa shape index (κ2) is 5.03. The van der Waals surface area contributed by atoms with Gasteiger partial charge in [-0.2, -0.15) is 16.3 Å². The summed E-state index contributed by atoms with van der Waals surface area (Å²) in [4.78, 5) is 6.96. The van der Waals surface area contributed by atoms with Crippen LogP contribution in [0.1, 0.15) is 19.7 Å². The molecule has 3 heterocycles. The van der Waals surface area contributed by atoms with Crippen molar-refractivity contribution in [3.05, 3.63) is 22.7 Å². The summed E-state index contributed by atoms with van der Waals surface area (Å²) in [5, 5.41) is 11.6. The van der Waals surface area contributed by atoms with Crippen LogP contribution in [0, 0.1) is 0 Å². The van der Waals surface area contributed by atoms with Crippen molar-refractivity contribution in [2.75, 3.05) is 26.2 Å². The molecule has 0 atom stereocenters. The Labute approximate surface area is 116 Å². The Bertz CT molecular complexity index is 529. The molecule has 1 aliphatic rings. The molecule has 19 heavy (non-hydrogen) atoms. The fourth-order valence-electron chi connectivity index (χ4n) is 2.34. The maximum Gasteiger partial charge on any atom is 0.258 e. The molecule has 1 N–H and O–H groups in total. The Balaban J connectivity index is 1.84. The van der Waals surface area contributed by atoms with E-state index in [4.69, 9.17) is 4.52 Å². The van der Waals surface area contributed by atoms with Gasteiger partial charge in [0.25, 0.3) is 5.89 Å². The van der Waals surface area contributed by atoms with Crippen molar-refractivity contribution in [3.8, 4) is 11.5 Å². The van der Waals surface area contributed by atoms with E-state index >= 15 is 0 Å². The van der Waals surface area contributed by atoms with E-state index in [2.05, 4.69) is 34.2 Å². The van der Waals surface area contributed by atoms with Crippen LogP contribution in [0.4, 0.5) is 0 Å². The number of piperazine rings is 1. The number of nitrogens with one attached hydrogen (secondary N) is 1. The highest BCUT2D eigenvalue weighted by Gasteiger charge is 2.34. The number of rotatable bonds is 3. The summed E-state index contributed by atoms with van der Waals surface area (Å²) in [5.74, 6) is 1.37. The number of aromatic nitrogens is 2. The summed E-state index contributed by atoms with van der Waals surface area (Å²) in [6.07, 6.45) is 0. The first kappa shape index (κ1) is 12.8. The normalized spacial score (nSPS) is 17.8. The summed E-state index contributed by atoms with van der Waals surface area (Å²) >= 11 is 1.63. The van der Waals surface area contributed by atoms with Crippen molar-refractivity contribution < 1.29 is 4.52 Å². The Morgan fingerprint density at radius 3 is 2.84 bits per heavy atom. The molecule has 0 spiro atoms. The van der Waals surface area contributed by atoms with Crippen molar-refractivity contribution in [2.24, 2.45) is 0 Å². The van der Waals surface area contributed by atoms with Crippen molar-refractivity contribution in [1.82, 2.24) is 20.4 Å². The number of thiophene rings is 1. The van der Waals surface area contributed by atoms with E-state index in [1.807, 2.05) is 16.8 Å². The van der Waals surface area contributed by atoms with Gasteiger partial charge in [0.05, 0.1) is 11.1 Å².